The molecule has 2 N–H and O–H groups in total. The van der Waals surface area contributed by atoms with Crippen LogP contribution < -0.4 is 5.32 Å². The van der Waals surface area contributed by atoms with E-state index in [2.05, 4.69) is 11.4 Å². The predicted molar refractivity (Wildman–Crippen MR) is 73.0 cm³/mol. The van der Waals surface area contributed by atoms with Gasteiger partial charge in [-0.15, -0.1) is 0 Å². The minimum Gasteiger partial charge on any atom is -0.478 e. The van der Waals surface area contributed by atoms with E-state index in [4.69, 9.17) is 5.11 Å². The minimum absolute atomic E-state index is 0.258. The second kappa shape index (κ2) is 6.50. The number of halogens is 2. The second-order valence-corrected chi connectivity index (χ2v) is 4.90. The third kappa shape index (κ3) is 3.56. The summed E-state index contributed by atoms with van der Waals surface area (Å²) < 4.78 is 27.3. The molecule has 0 saturated carbocycles. The van der Waals surface area contributed by atoms with Crippen LogP contribution >= 0.6 is 0 Å². The number of hydrogen-bond donors (Lipinski definition) is 2. The number of rotatable bonds is 5. The lowest BCUT2D eigenvalue weighted by Gasteiger charge is -2.14. The van der Waals surface area contributed by atoms with Crippen molar-refractivity contribution in [2.24, 2.45) is 0 Å². The number of benzene rings is 1. The lowest BCUT2D eigenvalue weighted by atomic mass is 9.97. The average Bonchev–Trinajstić information content (AvgIpc) is 2.42. The van der Waals surface area contributed by atoms with Gasteiger partial charge in [-0.3, -0.25) is 0 Å². The van der Waals surface area contributed by atoms with Gasteiger partial charge < -0.3 is 10.4 Å². The third-order valence-corrected chi connectivity index (χ3v) is 3.42. The summed E-state index contributed by atoms with van der Waals surface area (Å²) >= 11 is 0. The molecule has 1 aliphatic carbocycles. The van der Waals surface area contributed by atoms with Crippen LogP contribution in [-0.4, -0.2) is 17.6 Å². The first-order valence-electron chi connectivity index (χ1n) is 6.72. The van der Waals surface area contributed by atoms with E-state index in [0.717, 1.165) is 31.4 Å². The first-order chi connectivity index (χ1) is 9.58. The molecule has 1 aromatic carbocycles. The summed E-state index contributed by atoms with van der Waals surface area (Å²) in [5.41, 5.74) is 0.665. The first kappa shape index (κ1) is 14.5. The molecule has 0 atom stereocenters. The third-order valence-electron chi connectivity index (χ3n) is 3.42. The quantitative estimate of drug-likeness (QED) is 0.803. The SMILES string of the molecule is O=C(O)c1cc(F)c(NCCC2=CCCCC2)c(F)c1. The smallest absolute Gasteiger partial charge is 0.335 e. The normalized spacial score (nSPS) is 14.8. The van der Waals surface area contributed by atoms with Crippen LogP contribution in [0.4, 0.5) is 14.5 Å². The van der Waals surface area contributed by atoms with Gasteiger partial charge in [0.05, 0.1) is 5.56 Å². The molecule has 2 rings (SSSR count). The Morgan fingerprint density at radius 1 is 1.25 bits per heavy atom. The van der Waals surface area contributed by atoms with Gasteiger partial charge in [-0.05, 0) is 44.2 Å². The van der Waals surface area contributed by atoms with Crippen molar-refractivity contribution in [2.45, 2.75) is 32.1 Å². The summed E-state index contributed by atoms with van der Waals surface area (Å²) in [4.78, 5) is 10.7. The molecule has 5 heteroatoms. The fourth-order valence-corrected chi connectivity index (χ4v) is 2.35. The molecule has 0 aromatic heterocycles. The zero-order valence-electron chi connectivity index (χ0n) is 11.1. The standard InChI is InChI=1S/C15H17F2NO2/c16-12-8-11(15(19)20)9-13(17)14(12)18-7-6-10-4-2-1-3-5-10/h4,8-9,18H,1-3,5-7H2,(H,19,20). The maximum atomic E-state index is 13.7. The Bertz CT molecular complexity index is 518. The number of anilines is 1. The number of carboxylic acids is 1. The molecular weight excluding hydrogens is 264 g/mol. The maximum absolute atomic E-state index is 13.7. The van der Waals surface area contributed by atoms with Gasteiger partial charge in [0.2, 0.25) is 0 Å². The average molecular weight is 281 g/mol. The van der Waals surface area contributed by atoms with Crippen LogP contribution in [0.25, 0.3) is 0 Å². The molecule has 3 nitrogen and oxygen atoms in total. The van der Waals surface area contributed by atoms with E-state index < -0.39 is 17.6 Å². The van der Waals surface area contributed by atoms with E-state index in [9.17, 15) is 13.6 Å². The van der Waals surface area contributed by atoms with Crippen LogP contribution in [0.2, 0.25) is 0 Å². The van der Waals surface area contributed by atoms with E-state index in [1.807, 2.05) is 0 Å². The maximum Gasteiger partial charge on any atom is 0.335 e. The van der Waals surface area contributed by atoms with Gasteiger partial charge in [-0.1, -0.05) is 11.6 Å². The summed E-state index contributed by atoms with van der Waals surface area (Å²) in [6, 6.07) is 1.65. The lowest BCUT2D eigenvalue weighted by molar-refractivity contribution is 0.0696. The second-order valence-electron chi connectivity index (χ2n) is 4.90. The topological polar surface area (TPSA) is 49.3 Å². The molecule has 0 saturated heterocycles. The molecule has 20 heavy (non-hydrogen) atoms. The molecule has 0 heterocycles. The van der Waals surface area contributed by atoms with Crippen LogP contribution in [0.1, 0.15) is 42.5 Å². The minimum atomic E-state index is -1.35. The Labute approximate surface area is 116 Å². The van der Waals surface area contributed by atoms with Crippen molar-refractivity contribution in [3.05, 3.63) is 41.0 Å². The molecule has 1 aliphatic rings. The van der Waals surface area contributed by atoms with Crippen LogP contribution in [0.5, 0.6) is 0 Å². The monoisotopic (exact) mass is 281 g/mol. The molecular formula is C15H17F2NO2. The summed E-state index contributed by atoms with van der Waals surface area (Å²) in [6.45, 7) is 0.437. The summed E-state index contributed by atoms with van der Waals surface area (Å²) in [7, 11) is 0. The highest BCUT2D eigenvalue weighted by Gasteiger charge is 2.14. The van der Waals surface area contributed by atoms with E-state index in [1.54, 1.807) is 0 Å². The Kier molecular flexibility index (Phi) is 4.71. The van der Waals surface area contributed by atoms with Crippen molar-refractivity contribution in [3.63, 3.8) is 0 Å². The number of carbonyl (C=O) groups is 1. The largest absolute Gasteiger partial charge is 0.478 e. The molecule has 1 aromatic rings. The van der Waals surface area contributed by atoms with Crippen molar-refractivity contribution in [2.75, 3.05) is 11.9 Å². The van der Waals surface area contributed by atoms with Crippen molar-refractivity contribution in [3.8, 4) is 0 Å². The number of carboxylic acid groups (broad SMARTS) is 1. The molecule has 0 unspecified atom stereocenters. The van der Waals surface area contributed by atoms with E-state index in [-0.39, 0.29) is 11.3 Å². The van der Waals surface area contributed by atoms with Crippen molar-refractivity contribution >= 4 is 11.7 Å². The number of nitrogens with one attached hydrogen (secondary N) is 1. The van der Waals surface area contributed by atoms with Crippen molar-refractivity contribution in [1.82, 2.24) is 0 Å². The van der Waals surface area contributed by atoms with Crippen molar-refractivity contribution < 1.29 is 18.7 Å². The number of aromatic carboxylic acids is 1. The highest BCUT2D eigenvalue weighted by molar-refractivity contribution is 5.88. The molecule has 0 fully saturated rings. The van der Waals surface area contributed by atoms with E-state index in [1.165, 1.54) is 18.4 Å². The Hall–Kier alpha value is -1.91. The van der Waals surface area contributed by atoms with Gasteiger partial charge in [0.25, 0.3) is 0 Å². The number of hydrogen-bond acceptors (Lipinski definition) is 2. The predicted octanol–water partition coefficient (Wildman–Crippen LogP) is 3.97. The Morgan fingerprint density at radius 2 is 1.95 bits per heavy atom. The molecule has 108 valence electrons. The zero-order valence-corrected chi connectivity index (χ0v) is 11.1. The van der Waals surface area contributed by atoms with Gasteiger partial charge in [-0.25, -0.2) is 13.6 Å². The Morgan fingerprint density at radius 3 is 2.50 bits per heavy atom. The lowest BCUT2D eigenvalue weighted by Crippen LogP contribution is -2.09. The van der Waals surface area contributed by atoms with Gasteiger partial charge in [0, 0.05) is 6.54 Å². The summed E-state index contributed by atoms with van der Waals surface area (Å²) in [5, 5.41) is 11.4. The van der Waals surface area contributed by atoms with Gasteiger partial charge in [0.1, 0.15) is 17.3 Å². The molecule has 0 aliphatic heterocycles. The van der Waals surface area contributed by atoms with E-state index in [0.29, 0.717) is 6.54 Å². The fraction of sp³-hybridized carbons (Fsp3) is 0.400. The first-order valence-corrected chi connectivity index (χ1v) is 6.72. The van der Waals surface area contributed by atoms with Gasteiger partial charge >= 0.3 is 5.97 Å². The zero-order chi connectivity index (χ0) is 14.5. The molecule has 0 bridgehead atoms. The molecule has 0 spiro atoms. The summed E-state index contributed by atoms with van der Waals surface area (Å²) in [6.07, 6.45) is 7.43. The van der Waals surface area contributed by atoms with Crippen LogP contribution in [0.3, 0.4) is 0 Å². The Balaban J connectivity index is 1.99. The fourth-order valence-electron chi connectivity index (χ4n) is 2.35. The van der Waals surface area contributed by atoms with Crippen LogP contribution in [-0.2, 0) is 0 Å². The number of allylic oxidation sites excluding steroid dienone is 1. The highest BCUT2D eigenvalue weighted by atomic mass is 19.1. The molecule has 0 amide bonds. The van der Waals surface area contributed by atoms with Crippen LogP contribution in [0, 0.1) is 11.6 Å². The van der Waals surface area contributed by atoms with E-state index >= 15 is 0 Å². The van der Waals surface area contributed by atoms with Gasteiger partial charge in [0.15, 0.2) is 0 Å². The van der Waals surface area contributed by atoms with Crippen molar-refractivity contribution in [1.29, 1.82) is 0 Å². The summed E-state index contributed by atoms with van der Waals surface area (Å²) in [5.74, 6) is -3.10. The molecule has 0 radical (unpaired) electrons. The highest BCUT2D eigenvalue weighted by Crippen LogP contribution is 2.23. The van der Waals surface area contributed by atoms with Gasteiger partial charge in [-0.2, -0.15) is 0 Å². The van der Waals surface area contributed by atoms with Crippen LogP contribution in [0.15, 0.2) is 23.8 Å².